The lowest BCUT2D eigenvalue weighted by Crippen LogP contribution is -2.22. The number of methoxy groups -OCH3 is 1. The van der Waals surface area contributed by atoms with E-state index >= 15 is 0 Å². The molecule has 0 fully saturated rings. The second kappa shape index (κ2) is 6.91. The molecule has 1 heterocycles. The molecule has 0 radical (unpaired) electrons. The summed E-state index contributed by atoms with van der Waals surface area (Å²) in [4.78, 5) is 0. The highest BCUT2D eigenvalue weighted by atomic mass is 16.5. The van der Waals surface area contributed by atoms with Crippen molar-refractivity contribution >= 4 is 11.0 Å². The van der Waals surface area contributed by atoms with Gasteiger partial charge in [0.25, 0.3) is 0 Å². The Morgan fingerprint density at radius 3 is 2.75 bits per heavy atom. The number of nitrogens with one attached hydrogen (secondary N) is 1. The number of furan rings is 1. The van der Waals surface area contributed by atoms with E-state index in [2.05, 4.69) is 44.3 Å². The van der Waals surface area contributed by atoms with Crippen LogP contribution in [0, 0.1) is 0 Å². The van der Waals surface area contributed by atoms with E-state index in [4.69, 9.17) is 9.15 Å². The molecule has 0 saturated heterocycles. The van der Waals surface area contributed by atoms with E-state index in [9.17, 15) is 0 Å². The molecule has 1 N–H and O–H groups in total. The lowest BCUT2D eigenvalue weighted by molar-refractivity contribution is 0.202. The Hall–Kier alpha value is -1.32. The minimum atomic E-state index is 0.463. The van der Waals surface area contributed by atoms with Gasteiger partial charge in [0.05, 0.1) is 13.2 Å². The largest absolute Gasteiger partial charge is 0.459 e. The van der Waals surface area contributed by atoms with Gasteiger partial charge in [-0.15, -0.1) is 0 Å². The molecule has 0 aliphatic rings. The highest BCUT2D eigenvalue weighted by molar-refractivity contribution is 5.83. The summed E-state index contributed by atoms with van der Waals surface area (Å²) in [6.07, 6.45) is 1.94. The van der Waals surface area contributed by atoms with Crippen molar-refractivity contribution in [2.24, 2.45) is 0 Å². The molecule has 0 amide bonds. The third-order valence-corrected chi connectivity index (χ3v) is 3.56. The zero-order valence-corrected chi connectivity index (χ0v) is 13.0. The molecule has 2 rings (SSSR count). The number of aryl methyl sites for hydroxylation is 1. The lowest BCUT2D eigenvalue weighted by Gasteiger charge is -2.06. The standard InChI is InChI=1S/C17H25NO2/c1-5-14-15-10-13(8-9-19-4)6-7-16(15)20-17(14)11-18-12(2)3/h6-7,10,12,18H,5,8-9,11H2,1-4H3. The maximum Gasteiger partial charge on any atom is 0.134 e. The van der Waals surface area contributed by atoms with Crippen molar-refractivity contribution in [1.29, 1.82) is 0 Å². The molecule has 0 aliphatic carbocycles. The maximum absolute atomic E-state index is 6.01. The van der Waals surface area contributed by atoms with Crippen LogP contribution in [-0.4, -0.2) is 19.8 Å². The second-order valence-electron chi connectivity index (χ2n) is 5.47. The number of fused-ring (bicyclic) bond motifs is 1. The lowest BCUT2D eigenvalue weighted by atomic mass is 10.0. The van der Waals surface area contributed by atoms with Gasteiger partial charge in [-0.3, -0.25) is 0 Å². The van der Waals surface area contributed by atoms with Crippen LogP contribution in [0.15, 0.2) is 22.6 Å². The highest BCUT2D eigenvalue weighted by Gasteiger charge is 2.13. The first-order chi connectivity index (χ1) is 9.65. The van der Waals surface area contributed by atoms with Gasteiger partial charge in [-0.2, -0.15) is 0 Å². The Morgan fingerprint density at radius 2 is 2.10 bits per heavy atom. The van der Waals surface area contributed by atoms with Gasteiger partial charge in [-0.1, -0.05) is 26.8 Å². The Balaban J connectivity index is 2.31. The molecule has 3 nitrogen and oxygen atoms in total. The zero-order chi connectivity index (χ0) is 14.5. The van der Waals surface area contributed by atoms with Crippen LogP contribution in [0.1, 0.15) is 37.7 Å². The SMILES string of the molecule is CCc1c(CNC(C)C)oc2ccc(CCOC)cc12. The maximum atomic E-state index is 6.01. The van der Waals surface area contributed by atoms with Crippen LogP contribution in [0.25, 0.3) is 11.0 Å². The number of ether oxygens (including phenoxy) is 1. The molecule has 20 heavy (non-hydrogen) atoms. The van der Waals surface area contributed by atoms with Crippen LogP contribution in [0.4, 0.5) is 0 Å². The van der Waals surface area contributed by atoms with Crippen LogP contribution in [-0.2, 0) is 24.1 Å². The second-order valence-corrected chi connectivity index (χ2v) is 5.47. The quantitative estimate of drug-likeness (QED) is 0.837. The molecule has 0 atom stereocenters. The van der Waals surface area contributed by atoms with Gasteiger partial charge < -0.3 is 14.5 Å². The van der Waals surface area contributed by atoms with E-state index < -0.39 is 0 Å². The molecule has 1 aromatic heterocycles. The summed E-state index contributed by atoms with van der Waals surface area (Å²) in [6, 6.07) is 6.92. The van der Waals surface area contributed by atoms with Crippen molar-refractivity contribution in [3.63, 3.8) is 0 Å². The Kier molecular flexibility index (Phi) is 5.21. The van der Waals surface area contributed by atoms with Gasteiger partial charge in [0.2, 0.25) is 0 Å². The Labute approximate surface area is 121 Å². The predicted octanol–water partition coefficient (Wildman–Crippen LogP) is 3.68. The summed E-state index contributed by atoms with van der Waals surface area (Å²) in [6.45, 7) is 8.04. The van der Waals surface area contributed by atoms with Gasteiger partial charge in [-0.05, 0) is 30.5 Å². The van der Waals surface area contributed by atoms with Crippen LogP contribution in [0.5, 0.6) is 0 Å². The average Bonchev–Trinajstić information content (AvgIpc) is 2.79. The predicted molar refractivity (Wildman–Crippen MR) is 83.1 cm³/mol. The molecular formula is C17H25NO2. The molecule has 0 spiro atoms. The van der Waals surface area contributed by atoms with Crippen LogP contribution < -0.4 is 5.32 Å². The topological polar surface area (TPSA) is 34.4 Å². The molecule has 0 bridgehead atoms. The molecule has 2 aromatic rings. The zero-order valence-electron chi connectivity index (χ0n) is 13.0. The Bertz CT molecular complexity index is 557. The third-order valence-electron chi connectivity index (χ3n) is 3.56. The summed E-state index contributed by atoms with van der Waals surface area (Å²) in [5, 5.41) is 4.68. The number of benzene rings is 1. The molecule has 1 aromatic carbocycles. The first-order valence-electron chi connectivity index (χ1n) is 7.41. The minimum Gasteiger partial charge on any atom is -0.459 e. The monoisotopic (exact) mass is 275 g/mol. The fraction of sp³-hybridized carbons (Fsp3) is 0.529. The smallest absolute Gasteiger partial charge is 0.134 e. The van der Waals surface area contributed by atoms with Gasteiger partial charge in [-0.25, -0.2) is 0 Å². The minimum absolute atomic E-state index is 0.463. The summed E-state index contributed by atoms with van der Waals surface area (Å²) in [7, 11) is 1.74. The molecule has 0 saturated carbocycles. The van der Waals surface area contributed by atoms with Crippen LogP contribution in [0.2, 0.25) is 0 Å². The van der Waals surface area contributed by atoms with Crippen molar-refractivity contribution in [3.8, 4) is 0 Å². The first kappa shape index (κ1) is 15.1. The summed E-state index contributed by atoms with van der Waals surface area (Å²) in [5.41, 5.74) is 3.62. The number of hydrogen-bond donors (Lipinski definition) is 1. The molecule has 110 valence electrons. The first-order valence-corrected chi connectivity index (χ1v) is 7.41. The van der Waals surface area contributed by atoms with Gasteiger partial charge >= 0.3 is 0 Å². The van der Waals surface area contributed by atoms with Crippen molar-refractivity contribution in [1.82, 2.24) is 5.32 Å². The highest BCUT2D eigenvalue weighted by Crippen LogP contribution is 2.27. The molecule has 0 aliphatic heterocycles. The van der Waals surface area contributed by atoms with Crippen molar-refractivity contribution in [3.05, 3.63) is 35.1 Å². The van der Waals surface area contributed by atoms with Crippen LogP contribution in [0.3, 0.4) is 0 Å². The molecular weight excluding hydrogens is 250 g/mol. The normalized spacial score (nSPS) is 11.7. The van der Waals surface area contributed by atoms with Crippen molar-refractivity contribution in [2.45, 2.75) is 46.2 Å². The van der Waals surface area contributed by atoms with Crippen molar-refractivity contribution in [2.75, 3.05) is 13.7 Å². The number of hydrogen-bond acceptors (Lipinski definition) is 3. The van der Waals surface area contributed by atoms with Gasteiger partial charge in [0.15, 0.2) is 0 Å². The van der Waals surface area contributed by atoms with E-state index in [-0.39, 0.29) is 0 Å². The van der Waals surface area contributed by atoms with Gasteiger partial charge in [0.1, 0.15) is 11.3 Å². The fourth-order valence-corrected chi connectivity index (χ4v) is 2.45. The molecule has 3 heteroatoms. The van der Waals surface area contributed by atoms with Crippen LogP contribution >= 0.6 is 0 Å². The summed E-state index contributed by atoms with van der Waals surface area (Å²) in [5.74, 6) is 1.07. The van der Waals surface area contributed by atoms with E-state index in [1.807, 2.05) is 0 Å². The fourth-order valence-electron chi connectivity index (χ4n) is 2.45. The van der Waals surface area contributed by atoms with E-state index in [0.29, 0.717) is 6.04 Å². The molecule has 0 unspecified atom stereocenters. The third kappa shape index (κ3) is 3.41. The summed E-state index contributed by atoms with van der Waals surface area (Å²) >= 11 is 0. The van der Waals surface area contributed by atoms with Crippen molar-refractivity contribution < 1.29 is 9.15 Å². The number of rotatable bonds is 7. The van der Waals surface area contributed by atoms with E-state index in [1.54, 1.807) is 7.11 Å². The van der Waals surface area contributed by atoms with E-state index in [0.717, 1.165) is 37.3 Å². The summed E-state index contributed by atoms with van der Waals surface area (Å²) < 4.78 is 11.2. The van der Waals surface area contributed by atoms with E-state index in [1.165, 1.54) is 16.5 Å². The van der Waals surface area contributed by atoms with Gasteiger partial charge in [0, 0.05) is 24.1 Å². The Morgan fingerprint density at radius 1 is 1.30 bits per heavy atom. The average molecular weight is 275 g/mol.